The lowest BCUT2D eigenvalue weighted by molar-refractivity contribution is 0.0122. The fraction of sp³-hybridized carbons (Fsp3) is 0.500. The molecular formula is C6H7ClF2N2S. The first kappa shape index (κ1) is 9.83. The van der Waals surface area contributed by atoms with Crippen LogP contribution in [0.25, 0.3) is 0 Å². The van der Waals surface area contributed by atoms with E-state index < -0.39 is 12.5 Å². The number of nitrogens with zero attached hydrogens (tertiary/aromatic N) is 1. The van der Waals surface area contributed by atoms with Gasteiger partial charge in [0, 0.05) is 17.5 Å². The molecule has 1 heterocycles. The first-order valence-corrected chi connectivity index (χ1v) is 4.41. The molecule has 1 aromatic heterocycles. The van der Waals surface area contributed by atoms with Gasteiger partial charge in [-0.3, -0.25) is 0 Å². The molecule has 6 heteroatoms. The van der Waals surface area contributed by atoms with E-state index in [1.807, 2.05) is 0 Å². The Bertz CT molecular complexity index is 264. The zero-order valence-corrected chi connectivity index (χ0v) is 7.63. The van der Waals surface area contributed by atoms with Crippen LogP contribution in [-0.2, 0) is 6.42 Å². The molecule has 0 saturated carbocycles. The molecule has 0 fully saturated rings. The van der Waals surface area contributed by atoms with Crippen LogP contribution in [0.5, 0.6) is 0 Å². The normalized spacial score (nSPS) is 12.0. The van der Waals surface area contributed by atoms with E-state index >= 15 is 0 Å². The molecule has 0 atom stereocenters. The number of hydrogen-bond donors (Lipinski definition) is 1. The third-order valence-electron chi connectivity index (χ3n) is 1.26. The second-order valence-corrected chi connectivity index (χ2v) is 4.01. The third kappa shape index (κ3) is 2.66. The second kappa shape index (κ2) is 3.64. The van der Waals surface area contributed by atoms with E-state index in [1.165, 1.54) is 6.20 Å². The zero-order chi connectivity index (χ0) is 9.19. The Morgan fingerprint density at radius 2 is 2.33 bits per heavy atom. The topological polar surface area (TPSA) is 38.9 Å². The van der Waals surface area contributed by atoms with Crippen molar-refractivity contribution in [3.05, 3.63) is 15.5 Å². The van der Waals surface area contributed by atoms with Gasteiger partial charge in [0.15, 0.2) is 4.47 Å². The molecule has 0 saturated heterocycles. The summed E-state index contributed by atoms with van der Waals surface area (Å²) >= 11 is 6.51. The molecule has 0 radical (unpaired) electrons. The van der Waals surface area contributed by atoms with Gasteiger partial charge in [0.05, 0.1) is 6.54 Å². The van der Waals surface area contributed by atoms with E-state index in [1.54, 1.807) is 0 Å². The number of nitrogens with two attached hydrogens (primary N) is 1. The highest BCUT2D eigenvalue weighted by molar-refractivity contribution is 7.15. The Labute approximate surface area is 77.4 Å². The van der Waals surface area contributed by atoms with Crippen molar-refractivity contribution in [2.24, 2.45) is 5.73 Å². The number of hydrogen-bond acceptors (Lipinski definition) is 3. The van der Waals surface area contributed by atoms with E-state index in [9.17, 15) is 8.78 Å². The molecule has 0 aromatic carbocycles. The molecule has 0 bridgehead atoms. The van der Waals surface area contributed by atoms with E-state index in [0.717, 1.165) is 11.3 Å². The van der Waals surface area contributed by atoms with Gasteiger partial charge in [-0.15, -0.1) is 11.3 Å². The van der Waals surface area contributed by atoms with Gasteiger partial charge in [0.1, 0.15) is 0 Å². The lowest BCUT2D eigenvalue weighted by Gasteiger charge is -2.10. The lowest BCUT2D eigenvalue weighted by atomic mass is 10.2. The highest BCUT2D eigenvalue weighted by Crippen LogP contribution is 2.24. The van der Waals surface area contributed by atoms with Gasteiger partial charge in [-0.05, 0) is 0 Å². The number of thiazole rings is 1. The van der Waals surface area contributed by atoms with Gasteiger partial charge in [-0.2, -0.15) is 0 Å². The Balaban J connectivity index is 2.63. The van der Waals surface area contributed by atoms with Crippen LogP contribution in [0.15, 0.2) is 6.20 Å². The van der Waals surface area contributed by atoms with Crippen molar-refractivity contribution in [2.45, 2.75) is 12.3 Å². The lowest BCUT2D eigenvalue weighted by Crippen LogP contribution is -2.29. The summed E-state index contributed by atoms with van der Waals surface area (Å²) in [5.41, 5.74) is 4.86. The largest absolute Gasteiger partial charge is 0.325 e. The second-order valence-electron chi connectivity index (χ2n) is 2.32. The van der Waals surface area contributed by atoms with Crippen molar-refractivity contribution in [1.29, 1.82) is 0 Å². The van der Waals surface area contributed by atoms with Crippen LogP contribution in [0.2, 0.25) is 4.47 Å². The maximum Gasteiger partial charge on any atom is 0.264 e. The van der Waals surface area contributed by atoms with Gasteiger partial charge >= 0.3 is 0 Å². The van der Waals surface area contributed by atoms with E-state index in [2.05, 4.69) is 4.98 Å². The minimum Gasteiger partial charge on any atom is -0.325 e. The highest BCUT2D eigenvalue weighted by atomic mass is 35.5. The van der Waals surface area contributed by atoms with Gasteiger partial charge in [0.25, 0.3) is 5.92 Å². The maximum absolute atomic E-state index is 12.7. The van der Waals surface area contributed by atoms with Crippen LogP contribution in [-0.4, -0.2) is 17.5 Å². The molecule has 0 unspecified atom stereocenters. The van der Waals surface area contributed by atoms with Crippen molar-refractivity contribution < 1.29 is 8.78 Å². The zero-order valence-electron chi connectivity index (χ0n) is 6.06. The molecule has 2 N–H and O–H groups in total. The van der Waals surface area contributed by atoms with Crippen LogP contribution in [0, 0.1) is 0 Å². The van der Waals surface area contributed by atoms with Crippen LogP contribution >= 0.6 is 22.9 Å². The number of rotatable bonds is 3. The number of alkyl halides is 2. The van der Waals surface area contributed by atoms with Crippen LogP contribution in [0.1, 0.15) is 4.88 Å². The fourth-order valence-corrected chi connectivity index (χ4v) is 1.75. The summed E-state index contributed by atoms with van der Waals surface area (Å²) in [6, 6.07) is 0. The first-order chi connectivity index (χ1) is 5.53. The average molecular weight is 213 g/mol. The Hall–Kier alpha value is -0.260. The van der Waals surface area contributed by atoms with E-state index in [0.29, 0.717) is 4.88 Å². The van der Waals surface area contributed by atoms with Gasteiger partial charge in [-0.1, -0.05) is 11.6 Å². The molecule has 1 rings (SSSR count). The van der Waals surface area contributed by atoms with Crippen molar-refractivity contribution in [3.8, 4) is 0 Å². The van der Waals surface area contributed by atoms with Crippen molar-refractivity contribution in [3.63, 3.8) is 0 Å². The summed E-state index contributed by atoms with van der Waals surface area (Å²) in [7, 11) is 0. The minimum absolute atomic E-state index is 0.276. The first-order valence-electron chi connectivity index (χ1n) is 3.21. The molecule has 12 heavy (non-hydrogen) atoms. The van der Waals surface area contributed by atoms with Crippen LogP contribution < -0.4 is 5.73 Å². The predicted molar refractivity (Wildman–Crippen MR) is 44.8 cm³/mol. The Morgan fingerprint density at radius 1 is 1.67 bits per heavy atom. The Morgan fingerprint density at radius 3 is 2.75 bits per heavy atom. The molecule has 0 aliphatic carbocycles. The summed E-state index contributed by atoms with van der Waals surface area (Å²) in [4.78, 5) is 4.10. The van der Waals surface area contributed by atoms with E-state index in [4.69, 9.17) is 17.3 Å². The molecule has 0 amide bonds. The number of aromatic nitrogens is 1. The molecule has 2 nitrogen and oxygen atoms in total. The molecule has 0 aliphatic heterocycles. The quantitative estimate of drug-likeness (QED) is 0.832. The number of halogens is 3. The van der Waals surface area contributed by atoms with Crippen molar-refractivity contribution in [2.75, 3.05) is 6.54 Å². The summed E-state index contributed by atoms with van der Waals surface area (Å²) < 4.78 is 25.6. The molecule has 68 valence electrons. The van der Waals surface area contributed by atoms with Gasteiger partial charge in [0.2, 0.25) is 0 Å². The minimum atomic E-state index is -2.85. The summed E-state index contributed by atoms with van der Waals surface area (Å²) in [5, 5.41) is 0. The maximum atomic E-state index is 12.7. The smallest absolute Gasteiger partial charge is 0.264 e. The van der Waals surface area contributed by atoms with Gasteiger partial charge < -0.3 is 5.73 Å². The molecule has 0 aliphatic rings. The van der Waals surface area contributed by atoms with Crippen molar-refractivity contribution in [1.82, 2.24) is 4.98 Å². The van der Waals surface area contributed by atoms with Crippen molar-refractivity contribution >= 4 is 22.9 Å². The summed E-state index contributed by atoms with van der Waals surface area (Å²) in [6.45, 7) is -0.650. The fourth-order valence-electron chi connectivity index (χ4n) is 0.692. The van der Waals surface area contributed by atoms with E-state index in [-0.39, 0.29) is 10.9 Å². The summed E-state index contributed by atoms with van der Waals surface area (Å²) in [5.74, 6) is -2.85. The van der Waals surface area contributed by atoms with Crippen LogP contribution in [0.4, 0.5) is 8.78 Å². The average Bonchev–Trinajstić information content (AvgIpc) is 2.35. The SMILES string of the molecule is NCC(F)(F)Cc1cnc(Cl)s1. The Kier molecular flexibility index (Phi) is 2.98. The van der Waals surface area contributed by atoms with Gasteiger partial charge in [-0.25, -0.2) is 13.8 Å². The standard InChI is InChI=1S/C6H7ClF2N2S/c7-5-11-2-4(12-5)1-6(8,9)3-10/h2H,1,3,10H2. The molecule has 0 spiro atoms. The van der Waals surface area contributed by atoms with Crippen LogP contribution in [0.3, 0.4) is 0 Å². The predicted octanol–water partition coefficient (Wildman–Crippen LogP) is 1.93. The monoisotopic (exact) mass is 212 g/mol. The molecular weight excluding hydrogens is 206 g/mol. The molecule has 1 aromatic rings. The third-order valence-corrected chi connectivity index (χ3v) is 2.37. The highest BCUT2D eigenvalue weighted by Gasteiger charge is 2.27. The summed E-state index contributed by atoms with van der Waals surface area (Å²) in [6.07, 6.45) is 0.963.